The van der Waals surface area contributed by atoms with Crippen molar-refractivity contribution in [3.8, 4) is 0 Å². The Labute approximate surface area is 100 Å². The Hall–Kier alpha value is -0.120. The van der Waals surface area contributed by atoms with E-state index in [-0.39, 0.29) is 6.61 Å². The van der Waals surface area contributed by atoms with E-state index in [2.05, 4.69) is 17.1 Å². The summed E-state index contributed by atoms with van der Waals surface area (Å²) < 4.78 is 0. The van der Waals surface area contributed by atoms with Gasteiger partial charge in [-0.3, -0.25) is 4.90 Å². The van der Waals surface area contributed by atoms with Crippen molar-refractivity contribution >= 4 is 0 Å². The van der Waals surface area contributed by atoms with Crippen LogP contribution in [0.2, 0.25) is 0 Å². The molecular weight excluding hydrogens is 200 g/mol. The molecule has 0 amide bonds. The predicted molar refractivity (Wildman–Crippen MR) is 68.7 cm³/mol. The first-order valence-corrected chi connectivity index (χ1v) is 6.84. The zero-order valence-corrected chi connectivity index (χ0v) is 10.9. The second-order valence-electron chi connectivity index (χ2n) is 4.88. The maximum Gasteiger partial charge on any atom is 0.0446 e. The molecule has 0 bridgehead atoms. The number of likely N-dealkylation sites (N-methyl/N-ethyl adjacent to an activating group) is 2. The number of hydrogen-bond acceptors (Lipinski definition) is 3. The highest BCUT2D eigenvalue weighted by molar-refractivity contribution is 4.79. The lowest BCUT2D eigenvalue weighted by Crippen LogP contribution is -2.45. The third-order valence-corrected chi connectivity index (χ3v) is 3.84. The van der Waals surface area contributed by atoms with Gasteiger partial charge in [-0.15, -0.1) is 0 Å². The fourth-order valence-electron chi connectivity index (χ4n) is 2.75. The molecule has 0 heterocycles. The van der Waals surface area contributed by atoms with E-state index >= 15 is 0 Å². The molecule has 3 heteroatoms. The van der Waals surface area contributed by atoms with Crippen molar-refractivity contribution in [3.05, 3.63) is 0 Å². The highest BCUT2D eigenvalue weighted by Gasteiger charge is 2.21. The summed E-state index contributed by atoms with van der Waals surface area (Å²) >= 11 is 0. The molecule has 0 saturated heterocycles. The van der Waals surface area contributed by atoms with Gasteiger partial charge in [0.25, 0.3) is 0 Å². The highest BCUT2D eigenvalue weighted by Crippen LogP contribution is 2.22. The number of hydrogen-bond donors (Lipinski definition) is 2. The first-order valence-electron chi connectivity index (χ1n) is 6.84. The van der Waals surface area contributed by atoms with Crippen LogP contribution in [0.3, 0.4) is 0 Å². The maximum atomic E-state index is 9.01. The van der Waals surface area contributed by atoms with E-state index in [9.17, 15) is 0 Å². The van der Waals surface area contributed by atoms with Crippen LogP contribution in [0, 0.1) is 0 Å². The third-order valence-electron chi connectivity index (χ3n) is 3.84. The summed E-state index contributed by atoms with van der Waals surface area (Å²) in [6.45, 7) is 4.75. The molecule has 1 aliphatic rings. The van der Waals surface area contributed by atoms with Gasteiger partial charge >= 0.3 is 0 Å². The summed E-state index contributed by atoms with van der Waals surface area (Å²) in [5.41, 5.74) is 0. The van der Waals surface area contributed by atoms with Gasteiger partial charge in [0.05, 0.1) is 0 Å². The zero-order chi connectivity index (χ0) is 11.8. The molecule has 0 aromatic rings. The second kappa shape index (κ2) is 8.04. The molecule has 0 aromatic heterocycles. The Balaban J connectivity index is 2.39. The van der Waals surface area contributed by atoms with Gasteiger partial charge in [-0.05, 0) is 32.9 Å². The van der Waals surface area contributed by atoms with Crippen LogP contribution in [0.15, 0.2) is 0 Å². The van der Waals surface area contributed by atoms with E-state index in [1.807, 2.05) is 7.05 Å². The monoisotopic (exact) mass is 228 g/mol. The molecule has 3 nitrogen and oxygen atoms in total. The first kappa shape index (κ1) is 13.9. The van der Waals surface area contributed by atoms with Crippen molar-refractivity contribution in [2.75, 3.05) is 26.7 Å². The quantitative estimate of drug-likeness (QED) is 0.695. The molecule has 1 atom stereocenters. The number of rotatable bonds is 7. The lowest BCUT2D eigenvalue weighted by atomic mass is 9.94. The molecule has 0 aliphatic heterocycles. The molecule has 1 fully saturated rings. The number of nitrogens with one attached hydrogen (secondary N) is 1. The summed E-state index contributed by atoms with van der Waals surface area (Å²) in [4.78, 5) is 2.59. The van der Waals surface area contributed by atoms with Crippen molar-refractivity contribution in [1.29, 1.82) is 0 Å². The number of aliphatic hydroxyl groups is 1. The lowest BCUT2D eigenvalue weighted by Gasteiger charge is -2.35. The average molecular weight is 228 g/mol. The van der Waals surface area contributed by atoms with Gasteiger partial charge in [-0.1, -0.05) is 26.2 Å². The van der Waals surface area contributed by atoms with Gasteiger partial charge in [-0.2, -0.15) is 0 Å². The molecule has 1 saturated carbocycles. The second-order valence-corrected chi connectivity index (χ2v) is 4.88. The van der Waals surface area contributed by atoms with Crippen molar-refractivity contribution in [2.45, 2.75) is 57.5 Å². The Kier molecular flexibility index (Phi) is 7.01. The molecule has 1 aliphatic carbocycles. The summed E-state index contributed by atoms with van der Waals surface area (Å²) in [5, 5.41) is 12.3. The largest absolute Gasteiger partial charge is 0.396 e. The summed E-state index contributed by atoms with van der Waals surface area (Å²) in [7, 11) is 2.00. The van der Waals surface area contributed by atoms with E-state index in [1.54, 1.807) is 0 Å². The van der Waals surface area contributed by atoms with Crippen molar-refractivity contribution in [3.63, 3.8) is 0 Å². The molecular formula is C13H28N2O. The molecule has 0 radical (unpaired) electrons. The van der Waals surface area contributed by atoms with E-state index in [1.165, 1.54) is 32.1 Å². The Bertz CT molecular complexity index is 169. The van der Waals surface area contributed by atoms with Crippen LogP contribution >= 0.6 is 0 Å². The molecule has 96 valence electrons. The molecule has 1 unspecified atom stereocenters. The van der Waals surface area contributed by atoms with E-state index in [4.69, 9.17) is 5.11 Å². The van der Waals surface area contributed by atoms with Gasteiger partial charge in [-0.25, -0.2) is 0 Å². The first-order chi connectivity index (χ1) is 7.81. The van der Waals surface area contributed by atoms with E-state index in [0.717, 1.165) is 25.6 Å². The standard InChI is InChI=1S/C13H28N2O/c1-3-15(11-12(14-2)9-10-16)13-7-5-4-6-8-13/h12-14,16H,3-11H2,1-2H3. The Morgan fingerprint density at radius 3 is 2.50 bits per heavy atom. The van der Waals surface area contributed by atoms with Crippen LogP contribution in [-0.4, -0.2) is 48.8 Å². The average Bonchev–Trinajstić information content (AvgIpc) is 2.35. The zero-order valence-electron chi connectivity index (χ0n) is 10.9. The highest BCUT2D eigenvalue weighted by atomic mass is 16.3. The number of aliphatic hydroxyl groups excluding tert-OH is 1. The van der Waals surface area contributed by atoms with Crippen LogP contribution in [0.4, 0.5) is 0 Å². The minimum absolute atomic E-state index is 0.285. The van der Waals surface area contributed by atoms with Crippen LogP contribution < -0.4 is 5.32 Å². The van der Waals surface area contributed by atoms with Gasteiger partial charge in [0.1, 0.15) is 0 Å². The molecule has 1 rings (SSSR count). The van der Waals surface area contributed by atoms with Crippen molar-refractivity contribution < 1.29 is 5.11 Å². The summed E-state index contributed by atoms with van der Waals surface area (Å²) in [6.07, 6.45) is 7.80. The van der Waals surface area contributed by atoms with E-state index < -0.39 is 0 Å². The number of nitrogens with zero attached hydrogens (tertiary/aromatic N) is 1. The molecule has 0 spiro atoms. The Morgan fingerprint density at radius 2 is 2.00 bits per heavy atom. The summed E-state index contributed by atoms with van der Waals surface area (Å²) in [6, 6.07) is 1.22. The minimum Gasteiger partial charge on any atom is -0.396 e. The molecule has 0 aromatic carbocycles. The Morgan fingerprint density at radius 1 is 1.31 bits per heavy atom. The minimum atomic E-state index is 0.285. The van der Waals surface area contributed by atoms with E-state index in [0.29, 0.717) is 6.04 Å². The van der Waals surface area contributed by atoms with Gasteiger partial charge in [0.2, 0.25) is 0 Å². The third kappa shape index (κ3) is 4.40. The molecule has 2 N–H and O–H groups in total. The van der Waals surface area contributed by atoms with Crippen LogP contribution in [0.5, 0.6) is 0 Å². The van der Waals surface area contributed by atoms with Crippen LogP contribution in [-0.2, 0) is 0 Å². The van der Waals surface area contributed by atoms with Gasteiger partial charge in [0, 0.05) is 25.2 Å². The van der Waals surface area contributed by atoms with Crippen molar-refractivity contribution in [1.82, 2.24) is 10.2 Å². The normalized spacial score (nSPS) is 20.2. The molecule has 16 heavy (non-hydrogen) atoms. The fourth-order valence-corrected chi connectivity index (χ4v) is 2.75. The smallest absolute Gasteiger partial charge is 0.0446 e. The van der Waals surface area contributed by atoms with Crippen molar-refractivity contribution in [2.24, 2.45) is 0 Å². The topological polar surface area (TPSA) is 35.5 Å². The maximum absolute atomic E-state index is 9.01. The summed E-state index contributed by atoms with van der Waals surface area (Å²) in [5.74, 6) is 0. The SMILES string of the molecule is CCN(CC(CCO)NC)C1CCCCC1. The van der Waals surface area contributed by atoms with Gasteiger partial charge in [0.15, 0.2) is 0 Å². The van der Waals surface area contributed by atoms with Crippen LogP contribution in [0.1, 0.15) is 45.4 Å². The van der Waals surface area contributed by atoms with Gasteiger partial charge < -0.3 is 10.4 Å². The predicted octanol–water partition coefficient (Wildman–Crippen LogP) is 1.61. The van der Waals surface area contributed by atoms with Crippen LogP contribution in [0.25, 0.3) is 0 Å². The lowest BCUT2D eigenvalue weighted by molar-refractivity contribution is 0.140. The fraction of sp³-hybridized carbons (Fsp3) is 1.00.